The minimum absolute atomic E-state index is 0.0600. The first kappa shape index (κ1) is 27.2. The van der Waals surface area contributed by atoms with Gasteiger partial charge in [0.2, 0.25) is 5.79 Å². The number of rotatable bonds is 7. The molecule has 2 aromatic rings. The van der Waals surface area contributed by atoms with Gasteiger partial charge >= 0.3 is 0 Å². The van der Waals surface area contributed by atoms with Crippen LogP contribution in [0, 0.1) is 5.92 Å². The number of allylic oxidation sites excluding steroid dienone is 4. The fourth-order valence-corrected chi connectivity index (χ4v) is 5.72. The molecule has 3 aliphatic rings. The van der Waals surface area contributed by atoms with Gasteiger partial charge < -0.3 is 9.47 Å². The molecule has 0 N–H and O–H groups in total. The lowest BCUT2D eigenvalue weighted by atomic mass is 9.78. The van der Waals surface area contributed by atoms with Gasteiger partial charge in [-0.1, -0.05) is 64.4 Å². The Labute approximate surface area is 231 Å². The third-order valence-corrected chi connectivity index (χ3v) is 7.66. The first-order valence-corrected chi connectivity index (χ1v) is 13.9. The van der Waals surface area contributed by atoms with Crippen LogP contribution in [-0.2, 0) is 20.8 Å². The van der Waals surface area contributed by atoms with Gasteiger partial charge in [0.05, 0.1) is 24.9 Å². The van der Waals surface area contributed by atoms with Crippen LogP contribution in [0.5, 0.6) is 0 Å². The summed E-state index contributed by atoms with van der Waals surface area (Å²) in [5.41, 5.74) is 7.57. The number of benzene rings is 1. The SMILES string of the molecule is CC(C)=CCC/C(C)=C/[C@@H]1CC(C)=C[C@]2(C=C(Cn3cc(-c4ccccc4)nn3)[C@H]3CC(=O)C(C)=C[C@H]3O2)O1. The lowest BCUT2D eigenvalue weighted by Crippen LogP contribution is -2.49. The lowest BCUT2D eigenvalue weighted by molar-refractivity contribution is -0.224. The van der Waals surface area contributed by atoms with E-state index in [9.17, 15) is 4.79 Å². The first-order valence-electron chi connectivity index (χ1n) is 13.9. The molecule has 3 heterocycles. The van der Waals surface area contributed by atoms with Gasteiger partial charge in [0.15, 0.2) is 5.78 Å². The van der Waals surface area contributed by atoms with E-state index < -0.39 is 5.79 Å². The van der Waals surface area contributed by atoms with Crippen molar-refractivity contribution in [2.75, 3.05) is 0 Å². The standard InChI is InChI=1S/C33H39N3O3/c1-22(2)10-9-11-23(3)14-28-15-24(4)18-33(38-28)19-27(29-17-31(37)25(5)16-32(29)39-33)20-36-21-30(34-35-36)26-12-7-6-8-13-26/h6-8,10,12-14,16,18-19,21,28-29,32H,9,11,15,17,20H2,1-5H3/b23-14+/t28-,29-,32-,33+/m1/s1. The number of hydrogen-bond donors (Lipinski definition) is 0. The molecular weight excluding hydrogens is 486 g/mol. The maximum absolute atomic E-state index is 12.7. The normalized spacial score (nSPS) is 27.0. The van der Waals surface area contributed by atoms with Crippen LogP contribution >= 0.6 is 0 Å². The zero-order chi connectivity index (χ0) is 27.6. The number of fused-ring (bicyclic) bond motifs is 1. The van der Waals surface area contributed by atoms with E-state index in [0.717, 1.165) is 41.7 Å². The number of Topliss-reactive ketones (excluding diaryl/α,β-unsaturated/α-hetero) is 1. The van der Waals surface area contributed by atoms with E-state index in [-0.39, 0.29) is 23.9 Å². The molecule has 6 nitrogen and oxygen atoms in total. The fourth-order valence-electron chi connectivity index (χ4n) is 5.72. The predicted octanol–water partition coefficient (Wildman–Crippen LogP) is 6.93. The number of nitrogens with zero attached hydrogens (tertiary/aromatic N) is 3. The second-order valence-electron chi connectivity index (χ2n) is 11.5. The molecule has 1 aliphatic carbocycles. The van der Waals surface area contributed by atoms with Crippen LogP contribution in [0.4, 0.5) is 0 Å². The van der Waals surface area contributed by atoms with Gasteiger partial charge in [-0.25, -0.2) is 4.68 Å². The lowest BCUT2D eigenvalue weighted by Gasteiger charge is -2.45. The molecule has 6 heteroatoms. The zero-order valence-electron chi connectivity index (χ0n) is 23.7. The molecule has 1 aromatic heterocycles. The second kappa shape index (κ2) is 11.4. The molecule has 204 valence electrons. The van der Waals surface area contributed by atoms with Crippen LogP contribution in [0.3, 0.4) is 0 Å². The van der Waals surface area contributed by atoms with Crippen molar-refractivity contribution in [2.24, 2.45) is 5.92 Å². The number of aromatic nitrogens is 3. The van der Waals surface area contributed by atoms with Crippen molar-refractivity contribution in [2.45, 2.75) is 84.8 Å². The summed E-state index contributed by atoms with van der Waals surface area (Å²) in [5, 5.41) is 8.82. The van der Waals surface area contributed by atoms with Gasteiger partial charge in [-0.15, -0.1) is 5.10 Å². The highest BCUT2D eigenvalue weighted by molar-refractivity contribution is 5.96. The third kappa shape index (κ3) is 6.45. The average Bonchev–Trinajstić information content (AvgIpc) is 3.33. The van der Waals surface area contributed by atoms with Crippen LogP contribution in [0.1, 0.15) is 60.3 Å². The van der Waals surface area contributed by atoms with E-state index in [1.807, 2.05) is 54.2 Å². The summed E-state index contributed by atoms with van der Waals surface area (Å²) in [6.45, 7) is 11.0. The van der Waals surface area contributed by atoms with Crippen molar-refractivity contribution in [3.05, 3.63) is 94.8 Å². The molecule has 4 atom stereocenters. The average molecular weight is 526 g/mol. The van der Waals surface area contributed by atoms with E-state index in [1.54, 1.807) is 0 Å². The smallest absolute Gasteiger partial charge is 0.209 e. The Morgan fingerprint density at radius 1 is 1.10 bits per heavy atom. The van der Waals surface area contributed by atoms with E-state index in [4.69, 9.17) is 9.47 Å². The van der Waals surface area contributed by atoms with Crippen LogP contribution in [0.15, 0.2) is 94.8 Å². The van der Waals surface area contributed by atoms with Crippen molar-refractivity contribution < 1.29 is 14.3 Å². The molecule has 0 amide bonds. The summed E-state index contributed by atoms with van der Waals surface area (Å²) >= 11 is 0. The second-order valence-corrected chi connectivity index (χ2v) is 11.5. The highest BCUT2D eigenvalue weighted by atomic mass is 16.7. The summed E-state index contributed by atoms with van der Waals surface area (Å²) in [4.78, 5) is 12.7. The van der Waals surface area contributed by atoms with Crippen molar-refractivity contribution in [3.63, 3.8) is 0 Å². The molecule has 0 bridgehead atoms. The Morgan fingerprint density at radius 2 is 1.90 bits per heavy atom. The zero-order valence-corrected chi connectivity index (χ0v) is 23.7. The molecule has 0 radical (unpaired) electrons. The van der Waals surface area contributed by atoms with Crippen molar-refractivity contribution in [1.82, 2.24) is 15.0 Å². The van der Waals surface area contributed by atoms with Gasteiger partial charge in [0.1, 0.15) is 5.69 Å². The minimum atomic E-state index is -0.986. The molecule has 0 saturated heterocycles. The van der Waals surface area contributed by atoms with Gasteiger partial charge in [-0.2, -0.15) is 0 Å². The highest BCUT2D eigenvalue weighted by Gasteiger charge is 2.45. The van der Waals surface area contributed by atoms with Crippen molar-refractivity contribution in [1.29, 1.82) is 0 Å². The summed E-state index contributed by atoms with van der Waals surface area (Å²) < 4.78 is 15.2. The van der Waals surface area contributed by atoms with Crippen molar-refractivity contribution in [3.8, 4) is 11.3 Å². The van der Waals surface area contributed by atoms with Gasteiger partial charge in [0, 0.05) is 17.9 Å². The molecule has 0 fully saturated rings. The number of ketones is 1. The number of carbonyl (C=O) groups excluding carboxylic acids is 1. The van der Waals surface area contributed by atoms with Crippen LogP contribution in [-0.4, -0.2) is 38.8 Å². The van der Waals surface area contributed by atoms with Crippen molar-refractivity contribution >= 4 is 5.78 Å². The monoisotopic (exact) mass is 525 g/mol. The molecule has 0 saturated carbocycles. The van der Waals surface area contributed by atoms with Crippen LogP contribution < -0.4 is 0 Å². The molecular formula is C33H39N3O3. The van der Waals surface area contributed by atoms with E-state index in [0.29, 0.717) is 13.0 Å². The maximum atomic E-state index is 12.7. The van der Waals surface area contributed by atoms with Gasteiger partial charge in [0.25, 0.3) is 0 Å². The number of hydrogen-bond acceptors (Lipinski definition) is 5. The molecule has 0 unspecified atom stereocenters. The number of ether oxygens (including phenoxy) is 2. The van der Waals surface area contributed by atoms with E-state index >= 15 is 0 Å². The summed E-state index contributed by atoms with van der Waals surface area (Å²) in [6, 6.07) is 10.0. The molecule has 2 aliphatic heterocycles. The molecule has 5 rings (SSSR count). The first-order chi connectivity index (χ1) is 18.7. The highest BCUT2D eigenvalue weighted by Crippen LogP contribution is 2.43. The Balaban J connectivity index is 1.44. The topological polar surface area (TPSA) is 66.2 Å². The molecule has 1 aromatic carbocycles. The quantitative estimate of drug-likeness (QED) is 0.367. The summed E-state index contributed by atoms with van der Waals surface area (Å²) in [5.74, 6) is -0.884. The molecule has 1 spiro atoms. The third-order valence-electron chi connectivity index (χ3n) is 7.66. The van der Waals surface area contributed by atoms with Gasteiger partial charge in [-0.3, -0.25) is 4.79 Å². The maximum Gasteiger partial charge on any atom is 0.209 e. The Kier molecular flexibility index (Phi) is 7.96. The Hall–Kier alpha value is -3.35. The largest absolute Gasteiger partial charge is 0.335 e. The molecule has 39 heavy (non-hydrogen) atoms. The van der Waals surface area contributed by atoms with E-state index in [1.165, 1.54) is 16.7 Å². The van der Waals surface area contributed by atoms with Crippen LogP contribution in [0.25, 0.3) is 11.3 Å². The summed E-state index contributed by atoms with van der Waals surface area (Å²) in [7, 11) is 0. The Morgan fingerprint density at radius 3 is 2.67 bits per heavy atom. The minimum Gasteiger partial charge on any atom is -0.335 e. The Bertz CT molecular complexity index is 1370. The fraction of sp³-hybridized carbons (Fsp3) is 0.424. The van der Waals surface area contributed by atoms with E-state index in [2.05, 4.69) is 62.3 Å². The van der Waals surface area contributed by atoms with Crippen LogP contribution in [0.2, 0.25) is 0 Å². The summed E-state index contributed by atoms with van der Waals surface area (Å²) in [6.07, 6.45) is 15.6. The predicted molar refractivity (Wildman–Crippen MR) is 154 cm³/mol. The number of carbonyl (C=O) groups is 1. The van der Waals surface area contributed by atoms with Gasteiger partial charge in [-0.05, 0) is 83.3 Å².